The minimum absolute atomic E-state index is 0.196. The number of aromatic nitrogens is 5. The largest absolute Gasteiger partial charge is 0.390 e. The first-order chi connectivity index (χ1) is 14.9. The van der Waals surface area contributed by atoms with Gasteiger partial charge < -0.3 is 10.4 Å². The molecule has 4 aromatic rings. The number of anilines is 3. The average molecular weight is 440 g/mol. The number of benzene rings is 1. The van der Waals surface area contributed by atoms with Crippen LogP contribution in [-0.4, -0.2) is 44.3 Å². The van der Waals surface area contributed by atoms with Crippen molar-refractivity contribution < 1.29 is 13.5 Å². The second-order valence-electron chi connectivity index (χ2n) is 7.65. The van der Waals surface area contributed by atoms with Crippen molar-refractivity contribution in [2.24, 2.45) is 0 Å². The summed E-state index contributed by atoms with van der Waals surface area (Å²) in [6, 6.07) is 10.7. The molecule has 1 aliphatic carbocycles. The molecule has 0 radical (unpaired) electrons. The minimum Gasteiger partial charge on any atom is -0.390 e. The Labute approximate surface area is 178 Å². The zero-order chi connectivity index (χ0) is 21.6. The summed E-state index contributed by atoms with van der Waals surface area (Å²) >= 11 is 0. The summed E-state index contributed by atoms with van der Waals surface area (Å²) in [5, 5.41) is 20.1. The first-order valence-corrected chi connectivity index (χ1v) is 11.7. The van der Waals surface area contributed by atoms with Gasteiger partial charge in [-0.15, -0.1) is 0 Å². The van der Waals surface area contributed by atoms with Gasteiger partial charge in [0.2, 0.25) is 16.0 Å². The Kier molecular flexibility index (Phi) is 4.63. The zero-order valence-electron chi connectivity index (χ0n) is 16.7. The Hall–Kier alpha value is -3.44. The molecule has 0 amide bonds. The van der Waals surface area contributed by atoms with Crippen LogP contribution in [0.2, 0.25) is 0 Å². The van der Waals surface area contributed by atoms with Crippen molar-refractivity contribution in [3.8, 4) is 11.3 Å². The van der Waals surface area contributed by atoms with Crippen molar-refractivity contribution in [3.63, 3.8) is 0 Å². The van der Waals surface area contributed by atoms with E-state index in [1.54, 1.807) is 34.9 Å². The van der Waals surface area contributed by atoms with E-state index in [2.05, 4.69) is 25.2 Å². The lowest BCUT2D eigenvalue weighted by molar-refractivity contribution is 0.277. The second kappa shape index (κ2) is 7.36. The smallest absolute Gasteiger partial charge is 0.229 e. The molecule has 11 heteroatoms. The van der Waals surface area contributed by atoms with Gasteiger partial charge in [-0.3, -0.25) is 14.2 Å². The van der Waals surface area contributed by atoms with Crippen LogP contribution in [0.5, 0.6) is 0 Å². The predicted octanol–water partition coefficient (Wildman–Crippen LogP) is 2.60. The predicted molar refractivity (Wildman–Crippen MR) is 117 cm³/mol. The van der Waals surface area contributed by atoms with Crippen molar-refractivity contribution in [2.45, 2.75) is 25.4 Å². The third kappa shape index (κ3) is 4.23. The maximum atomic E-state index is 11.6. The highest BCUT2D eigenvalue weighted by Crippen LogP contribution is 2.39. The highest BCUT2D eigenvalue weighted by molar-refractivity contribution is 7.92. The standard InChI is InChI=1S/C20H21N7O3S/c1-31(29,30)26-14-4-2-3-13(7-14)16-9-19-21-15(11-28)10-27(19)20(22-16)23-18-8-17(24-25-18)12-5-6-12/h2-4,7-10,12,26,28H,5-6,11H2,1H3,(H2,22,23,24,25). The Bertz CT molecular complexity index is 1370. The Morgan fingerprint density at radius 1 is 1.23 bits per heavy atom. The van der Waals surface area contributed by atoms with Crippen molar-refractivity contribution in [1.82, 2.24) is 24.6 Å². The molecule has 5 rings (SSSR count). The lowest BCUT2D eigenvalue weighted by atomic mass is 10.1. The number of nitrogens with zero attached hydrogens (tertiary/aromatic N) is 4. The zero-order valence-corrected chi connectivity index (χ0v) is 17.5. The molecule has 1 saturated carbocycles. The summed E-state index contributed by atoms with van der Waals surface area (Å²) in [6.45, 7) is -0.196. The highest BCUT2D eigenvalue weighted by Gasteiger charge is 2.25. The van der Waals surface area contributed by atoms with Gasteiger partial charge in [0.1, 0.15) is 5.65 Å². The fraction of sp³-hybridized carbons (Fsp3) is 0.250. The number of nitrogens with one attached hydrogen (secondary N) is 3. The molecule has 4 N–H and O–H groups in total. The molecular weight excluding hydrogens is 418 g/mol. The third-order valence-corrected chi connectivity index (χ3v) is 5.59. The number of fused-ring (bicyclic) bond motifs is 1. The molecule has 10 nitrogen and oxygen atoms in total. The topological polar surface area (TPSA) is 137 Å². The van der Waals surface area contributed by atoms with Crippen LogP contribution in [0.25, 0.3) is 16.9 Å². The van der Waals surface area contributed by atoms with Crippen molar-refractivity contribution >= 4 is 33.1 Å². The number of aliphatic hydroxyl groups excluding tert-OH is 1. The van der Waals surface area contributed by atoms with Gasteiger partial charge >= 0.3 is 0 Å². The summed E-state index contributed by atoms with van der Waals surface area (Å²) in [7, 11) is -3.40. The summed E-state index contributed by atoms with van der Waals surface area (Å²) in [5.74, 6) is 1.66. The molecule has 0 unspecified atom stereocenters. The summed E-state index contributed by atoms with van der Waals surface area (Å²) in [6.07, 6.45) is 5.15. The van der Waals surface area contributed by atoms with Crippen molar-refractivity contribution in [1.29, 1.82) is 0 Å². The SMILES string of the molecule is CS(=O)(=O)Nc1cccc(-c2cc3nc(CO)cn3c(Nc3cc(C4CC4)[nH]n3)n2)c1. The van der Waals surface area contributed by atoms with Crippen LogP contribution < -0.4 is 10.0 Å². The Balaban J connectivity index is 1.56. The van der Waals surface area contributed by atoms with E-state index in [0.29, 0.717) is 46.0 Å². The van der Waals surface area contributed by atoms with E-state index in [-0.39, 0.29) is 6.61 Å². The Morgan fingerprint density at radius 2 is 2.06 bits per heavy atom. The van der Waals surface area contributed by atoms with Gasteiger partial charge in [0.15, 0.2) is 5.82 Å². The van der Waals surface area contributed by atoms with E-state index in [9.17, 15) is 13.5 Å². The van der Waals surface area contributed by atoms with E-state index in [1.807, 2.05) is 12.1 Å². The molecule has 1 aliphatic rings. The van der Waals surface area contributed by atoms with Gasteiger partial charge in [0, 0.05) is 41.2 Å². The number of aromatic amines is 1. The second-order valence-corrected chi connectivity index (χ2v) is 9.39. The molecule has 0 bridgehead atoms. The molecule has 0 atom stereocenters. The fourth-order valence-electron chi connectivity index (χ4n) is 3.43. The van der Waals surface area contributed by atoms with Gasteiger partial charge in [0.05, 0.1) is 24.3 Å². The molecule has 0 spiro atoms. The summed E-state index contributed by atoms with van der Waals surface area (Å²) in [5.41, 5.74) is 3.95. The van der Waals surface area contributed by atoms with Crippen LogP contribution in [0, 0.1) is 0 Å². The molecular formula is C20H21N7O3S. The molecule has 0 saturated heterocycles. The number of sulfonamides is 1. The molecule has 3 aromatic heterocycles. The maximum absolute atomic E-state index is 11.6. The quantitative estimate of drug-likeness (QED) is 0.347. The van der Waals surface area contributed by atoms with Crippen molar-refractivity contribution in [3.05, 3.63) is 54.0 Å². The van der Waals surface area contributed by atoms with Crippen LogP contribution in [0.3, 0.4) is 0 Å². The number of rotatable bonds is 7. The molecule has 1 aromatic carbocycles. The van der Waals surface area contributed by atoms with Gasteiger partial charge in [-0.2, -0.15) is 5.10 Å². The monoisotopic (exact) mass is 439 g/mol. The summed E-state index contributed by atoms with van der Waals surface area (Å²) < 4.78 is 27.4. The van der Waals surface area contributed by atoms with E-state index in [0.717, 1.165) is 11.9 Å². The van der Waals surface area contributed by atoms with Gasteiger partial charge in [-0.05, 0) is 25.0 Å². The molecule has 1 fully saturated rings. The van der Waals surface area contributed by atoms with Crippen molar-refractivity contribution in [2.75, 3.05) is 16.3 Å². The number of hydrogen-bond acceptors (Lipinski definition) is 7. The Morgan fingerprint density at radius 3 is 2.81 bits per heavy atom. The van der Waals surface area contributed by atoms with Crippen LogP contribution in [0.1, 0.15) is 30.1 Å². The highest BCUT2D eigenvalue weighted by atomic mass is 32.2. The average Bonchev–Trinajstić information content (AvgIpc) is 3.31. The number of aliphatic hydroxyl groups is 1. The lowest BCUT2D eigenvalue weighted by Crippen LogP contribution is -2.09. The summed E-state index contributed by atoms with van der Waals surface area (Å²) in [4.78, 5) is 9.16. The maximum Gasteiger partial charge on any atom is 0.229 e. The lowest BCUT2D eigenvalue weighted by Gasteiger charge is -2.10. The van der Waals surface area contributed by atoms with Crippen LogP contribution in [0.15, 0.2) is 42.6 Å². The van der Waals surface area contributed by atoms with Crippen LogP contribution in [-0.2, 0) is 16.6 Å². The number of H-pyrrole nitrogens is 1. The normalized spacial score (nSPS) is 14.1. The minimum atomic E-state index is -3.40. The van der Waals surface area contributed by atoms with E-state index >= 15 is 0 Å². The van der Waals surface area contributed by atoms with Gasteiger partial charge in [-0.25, -0.2) is 18.4 Å². The van der Waals surface area contributed by atoms with Gasteiger partial charge in [0.25, 0.3) is 0 Å². The molecule has 3 heterocycles. The molecule has 31 heavy (non-hydrogen) atoms. The number of imidazole rings is 1. The first-order valence-electron chi connectivity index (χ1n) is 9.78. The van der Waals surface area contributed by atoms with E-state index in [1.165, 1.54) is 12.8 Å². The number of hydrogen-bond donors (Lipinski definition) is 4. The van der Waals surface area contributed by atoms with Crippen LogP contribution >= 0.6 is 0 Å². The molecule has 0 aliphatic heterocycles. The van der Waals surface area contributed by atoms with E-state index in [4.69, 9.17) is 4.98 Å². The van der Waals surface area contributed by atoms with E-state index < -0.39 is 10.0 Å². The molecule has 160 valence electrons. The first kappa shape index (κ1) is 19.5. The fourth-order valence-corrected chi connectivity index (χ4v) is 3.98. The van der Waals surface area contributed by atoms with Gasteiger partial charge in [-0.1, -0.05) is 12.1 Å². The third-order valence-electron chi connectivity index (χ3n) is 4.98. The van der Waals surface area contributed by atoms with Crippen LogP contribution in [0.4, 0.5) is 17.5 Å².